The molecule has 0 radical (unpaired) electrons. The maximum Gasteiger partial charge on any atom is 0.128 e. The Kier molecular flexibility index (Phi) is 2.52. The fraction of sp³-hybridized carbons (Fsp3) is 0.455. The van der Waals surface area contributed by atoms with Crippen molar-refractivity contribution in [1.82, 2.24) is 0 Å². The van der Waals surface area contributed by atoms with Gasteiger partial charge in [-0.3, -0.25) is 0 Å². The standard InChI is InChI=1S/C11H14FNO/c12-10-4-3-8(5-9(10)6-14)11(13)7-1-2-7/h3-5,7,11,14H,1-2,6,13H2/t11-/m0/s1. The van der Waals surface area contributed by atoms with Gasteiger partial charge in [0.1, 0.15) is 5.82 Å². The Morgan fingerprint density at radius 1 is 1.50 bits per heavy atom. The van der Waals surface area contributed by atoms with E-state index in [2.05, 4.69) is 0 Å². The van der Waals surface area contributed by atoms with Crippen LogP contribution >= 0.6 is 0 Å². The SMILES string of the molecule is N[C@H](c1ccc(F)c(CO)c1)C1CC1. The second-order valence-electron chi connectivity index (χ2n) is 3.87. The van der Waals surface area contributed by atoms with Crippen LogP contribution in [0.2, 0.25) is 0 Å². The second kappa shape index (κ2) is 3.67. The van der Waals surface area contributed by atoms with Crippen LogP contribution in [0.4, 0.5) is 4.39 Å². The fourth-order valence-corrected chi connectivity index (χ4v) is 1.65. The minimum atomic E-state index is -0.362. The molecule has 2 rings (SSSR count). The van der Waals surface area contributed by atoms with Crippen LogP contribution in [0.15, 0.2) is 18.2 Å². The maximum atomic E-state index is 13.0. The molecule has 1 aliphatic carbocycles. The Labute approximate surface area is 82.5 Å². The molecule has 0 spiro atoms. The summed E-state index contributed by atoms with van der Waals surface area (Å²) in [6, 6.07) is 4.75. The highest BCUT2D eigenvalue weighted by atomic mass is 19.1. The molecule has 1 aromatic carbocycles. The van der Waals surface area contributed by atoms with E-state index in [0.717, 1.165) is 18.4 Å². The van der Waals surface area contributed by atoms with Gasteiger partial charge in [0, 0.05) is 11.6 Å². The van der Waals surface area contributed by atoms with Crippen LogP contribution in [0.25, 0.3) is 0 Å². The molecule has 0 bridgehead atoms. The van der Waals surface area contributed by atoms with Crippen molar-refractivity contribution in [3.05, 3.63) is 35.1 Å². The van der Waals surface area contributed by atoms with Gasteiger partial charge in [-0.05, 0) is 36.5 Å². The number of benzene rings is 1. The van der Waals surface area contributed by atoms with E-state index in [1.165, 1.54) is 6.07 Å². The summed E-state index contributed by atoms with van der Waals surface area (Å²) in [5.41, 5.74) is 7.23. The van der Waals surface area contributed by atoms with Crippen LogP contribution in [-0.2, 0) is 6.61 Å². The van der Waals surface area contributed by atoms with Gasteiger partial charge in [0.25, 0.3) is 0 Å². The predicted molar refractivity (Wildman–Crippen MR) is 52.0 cm³/mol. The monoisotopic (exact) mass is 195 g/mol. The average molecular weight is 195 g/mol. The zero-order valence-corrected chi connectivity index (χ0v) is 7.91. The third-order valence-corrected chi connectivity index (χ3v) is 2.75. The van der Waals surface area contributed by atoms with Gasteiger partial charge < -0.3 is 10.8 Å². The van der Waals surface area contributed by atoms with E-state index in [1.807, 2.05) is 0 Å². The Hall–Kier alpha value is -0.930. The van der Waals surface area contributed by atoms with E-state index in [4.69, 9.17) is 10.8 Å². The van der Waals surface area contributed by atoms with E-state index in [9.17, 15) is 4.39 Å². The number of aliphatic hydroxyl groups is 1. The summed E-state index contributed by atoms with van der Waals surface area (Å²) < 4.78 is 13.0. The molecule has 1 aromatic rings. The smallest absolute Gasteiger partial charge is 0.128 e. The molecule has 76 valence electrons. The van der Waals surface area contributed by atoms with Gasteiger partial charge in [0.05, 0.1) is 6.61 Å². The lowest BCUT2D eigenvalue weighted by molar-refractivity contribution is 0.275. The molecular weight excluding hydrogens is 181 g/mol. The lowest BCUT2D eigenvalue weighted by Gasteiger charge is -2.11. The highest BCUT2D eigenvalue weighted by Crippen LogP contribution is 2.39. The van der Waals surface area contributed by atoms with Crippen molar-refractivity contribution in [1.29, 1.82) is 0 Å². The Balaban J connectivity index is 2.25. The molecule has 1 saturated carbocycles. The molecule has 1 aliphatic rings. The fourth-order valence-electron chi connectivity index (χ4n) is 1.65. The van der Waals surface area contributed by atoms with Crippen LogP contribution in [0.3, 0.4) is 0 Å². The number of aliphatic hydroxyl groups excluding tert-OH is 1. The summed E-state index contributed by atoms with van der Waals surface area (Å²) in [6.07, 6.45) is 2.32. The third-order valence-electron chi connectivity index (χ3n) is 2.75. The summed E-state index contributed by atoms with van der Waals surface area (Å²) >= 11 is 0. The van der Waals surface area contributed by atoms with E-state index in [1.54, 1.807) is 12.1 Å². The van der Waals surface area contributed by atoms with Crippen LogP contribution in [0, 0.1) is 11.7 Å². The number of rotatable bonds is 3. The first kappa shape index (κ1) is 9.62. The van der Waals surface area contributed by atoms with E-state index >= 15 is 0 Å². The average Bonchev–Trinajstić information content (AvgIpc) is 3.01. The lowest BCUT2D eigenvalue weighted by Crippen LogP contribution is -2.12. The Bertz CT molecular complexity index is 336. The summed E-state index contributed by atoms with van der Waals surface area (Å²) in [5, 5.41) is 8.90. The molecule has 2 nitrogen and oxygen atoms in total. The highest BCUT2D eigenvalue weighted by molar-refractivity contribution is 5.28. The van der Waals surface area contributed by atoms with Crippen molar-refractivity contribution in [2.75, 3.05) is 0 Å². The van der Waals surface area contributed by atoms with Crippen molar-refractivity contribution < 1.29 is 9.50 Å². The summed E-state index contributed by atoms with van der Waals surface area (Å²) in [6.45, 7) is -0.267. The first-order valence-electron chi connectivity index (χ1n) is 4.87. The Morgan fingerprint density at radius 3 is 2.79 bits per heavy atom. The van der Waals surface area contributed by atoms with E-state index in [0.29, 0.717) is 11.5 Å². The normalized spacial score (nSPS) is 18.2. The van der Waals surface area contributed by atoms with Gasteiger partial charge in [-0.15, -0.1) is 0 Å². The molecule has 14 heavy (non-hydrogen) atoms. The number of halogens is 1. The van der Waals surface area contributed by atoms with Crippen molar-refractivity contribution in [2.24, 2.45) is 11.7 Å². The molecule has 0 aliphatic heterocycles. The van der Waals surface area contributed by atoms with Gasteiger partial charge in [0.2, 0.25) is 0 Å². The molecule has 1 atom stereocenters. The van der Waals surface area contributed by atoms with Gasteiger partial charge in [-0.1, -0.05) is 6.07 Å². The van der Waals surface area contributed by atoms with E-state index in [-0.39, 0.29) is 18.5 Å². The molecule has 0 aromatic heterocycles. The molecule has 0 unspecified atom stereocenters. The summed E-state index contributed by atoms with van der Waals surface area (Å²) in [5.74, 6) is 0.186. The zero-order valence-electron chi connectivity index (χ0n) is 7.91. The largest absolute Gasteiger partial charge is 0.392 e. The van der Waals surface area contributed by atoms with Crippen molar-refractivity contribution in [3.63, 3.8) is 0 Å². The van der Waals surface area contributed by atoms with Gasteiger partial charge in [-0.2, -0.15) is 0 Å². The van der Waals surface area contributed by atoms with Gasteiger partial charge in [-0.25, -0.2) is 4.39 Å². The summed E-state index contributed by atoms with van der Waals surface area (Å²) in [4.78, 5) is 0. The maximum absolute atomic E-state index is 13.0. The number of nitrogens with two attached hydrogens (primary N) is 1. The van der Waals surface area contributed by atoms with Crippen molar-refractivity contribution >= 4 is 0 Å². The minimum absolute atomic E-state index is 0.000833. The summed E-state index contributed by atoms with van der Waals surface area (Å²) in [7, 11) is 0. The quantitative estimate of drug-likeness (QED) is 0.771. The van der Waals surface area contributed by atoms with Gasteiger partial charge in [0.15, 0.2) is 0 Å². The molecule has 3 heteroatoms. The molecule has 0 amide bonds. The third kappa shape index (κ3) is 1.79. The van der Waals surface area contributed by atoms with E-state index < -0.39 is 0 Å². The van der Waals surface area contributed by atoms with Gasteiger partial charge >= 0.3 is 0 Å². The number of hydrogen-bond acceptors (Lipinski definition) is 2. The lowest BCUT2D eigenvalue weighted by atomic mass is 10.0. The Morgan fingerprint density at radius 2 is 2.21 bits per heavy atom. The van der Waals surface area contributed by atoms with Crippen LogP contribution < -0.4 is 5.73 Å². The van der Waals surface area contributed by atoms with Crippen LogP contribution in [0.1, 0.15) is 30.0 Å². The topological polar surface area (TPSA) is 46.2 Å². The molecule has 0 heterocycles. The minimum Gasteiger partial charge on any atom is -0.392 e. The molecule has 1 fully saturated rings. The van der Waals surface area contributed by atoms with Crippen molar-refractivity contribution in [2.45, 2.75) is 25.5 Å². The number of hydrogen-bond donors (Lipinski definition) is 2. The first-order valence-corrected chi connectivity index (χ1v) is 4.87. The zero-order chi connectivity index (χ0) is 10.1. The highest BCUT2D eigenvalue weighted by Gasteiger charge is 2.29. The van der Waals surface area contributed by atoms with Crippen LogP contribution in [-0.4, -0.2) is 5.11 Å². The molecular formula is C11H14FNO. The van der Waals surface area contributed by atoms with Crippen molar-refractivity contribution in [3.8, 4) is 0 Å². The van der Waals surface area contributed by atoms with Crippen LogP contribution in [0.5, 0.6) is 0 Å². The molecule has 0 saturated heterocycles. The first-order chi connectivity index (χ1) is 6.72. The molecule has 3 N–H and O–H groups in total. The predicted octanol–water partition coefficient (Wildman–Crippen LogP) is 1.73. The second-order valence-corrected chi connectivity index (χ2v) is 3.87.